The van der Waals surface area contributed by atoms with Gasteiger partial charge in [0, 0.05) is 37.8 Å². The normalized spacial score (nSPS) is 19.0. The molecule has 7 heteroatoms. The van der Waals surface area contributed by atoms with Crippen LogP contribution in [0.5, 0.6) is 5.75 Å². The third-order valence-electron chi connectivity index (χ3n) is 5.71. The number of carbonyl (C=O) groups is 1. The fourth-order valence-electron chi connectivity index (χ4n) is 4.00. The number of rotatable bonds is 5. The van der Waals surface area contributed by atoms with Crippen molar-refractivity contribution in [2.45, 2.75) is 38.6 Å². The number of hydrogen-bond acceptors (Lipinski definition) is 6. The second-order valence-corrected chi connectivity index (χ2v) is 8.41. The molecule has 0 spiro atoms. The van der Waals surface area contributed by atoms with Crippen LogP contribution in [0, 0.1) is 0 Å². The molecule has 146 valence electrons. The lowest BCUT2D eigenvalue weighted by Gasteiger charge is -2.33. The Morgan fingerprint density at radius 1 is 1.26 bits per heavy atom. The van der Waals surface area contributed by atoms with E-state index in [0.29, 0.717) is 17.4 Å². The van der Waals surface area contributed by atoms with E-state index in [1.807, 2.05) is 12.1 Å². The first-order valence-electron chi connectivity index (χ1n) is 9.94. The molecule has 0 bridgehead atoms. The van der Waals surface area contributed by atoms with Crippen molar-refractivity contribution in [2.24, 2.45) is 0 Å². The van der Waals surface area contributed by atoms with E-state index in [2.05, 4.69) is 22.0 Å². The minimum Gasteiger partial charge on any atom is -0.494 e. The number of benzene rings is 1. The zero-order valence-corrected chi connectivity index (χ0v) is 17.0. The number of amides is 1. The van der Waals surface area contributed by atoms with Gasteiger partial charge in [-0.15, -0.1) is 0 Å². The van der Waals surface area contributed by atoms with E-state index in [4.69, 9.17) is 9.72 Å². The van der Waals surface area contributed by atoms with E-state index in [9.17, 15) is 4.79 Å². The lowest BCUT2D eigenvalue weighted by atomic mass is 10.1. The molecule has 1 saturated carbocycles. The first-order valence-corrected chi connectivity index (χ1v) is 10.8. The SMILES string of the molecule is CCN1CCN(c2nc3c(OC)cc(C(=O)NC4CCCC4)cc3s2)CC1. The fourth-order valence-corrected chi connectivity index (χ4v) is 5.08. The molecule has 1 aromatic carbocycles. The summed E-state index contributed by atoms with van der Waals surface area (Å²) in [4.78, 5) is 22.3. The Hall–Kier alpha value is -1.86. The van der Waals surface area contributed by atoms with Gasteiger partial charge in [-0.25, -0.2) is 4.98 Å². The standard InChI is InChI=1S/C20H28N4O2S/c1-3-23-8-10-24(11-9-23)20-22-18-16(26-2)12-14(13-17(18)27-20)19(25)21-15-6-4-5-7-15/h12-13,15H,3-11H2,1-2H3,(H,21,25). The maximum Gasteiger partial charge on any atom is 0.251 e. The first kappa shape index (κ1) is 18.5. The van der Waals surface area contributed by atoms with Gasteiger partial charge >= 0.3 is 0 Å². The molecule has 2 fully saturated rings. The van der Waals surface area contributed by atoms with Crippen LogP contribution in [0.2, 0.25) is 0 Å². The van der Waals surface area contributed by atoms with Gasteiger partial charge in [0.15, 0.2) is 5.13 Å². The lowest BCUT2D eigenvalue weighted by molar-refractivity contribution is 0.0937. The van der Waals surface area contributed by atoms with Crippen LogP contribution < -0.4 is 15.0 Å². The molecule has 0 unspecified atom stereocenters. The maximum atomic E-state index is 12.7. The molecule has 27 heavy (non-hydrogen) atoms. The number of hydrogen-bond donors (Lipinski definition) is 1. The largest absolute Gasteiger partial charge is 0.494 e. The van der Waals surface area contributed by atoms with Gasteiger partial charge in [-0.2, -0.15) is 0 Å². The number of methoxy groups -OCH3 is 1. The van der Waals surface area contributed by atoms with Crippen molar-refractivity contribution >= 4 is 32.6 Å². The minimum atomic E-state index is -0.00592. The summed E-state index contributed by atoms with van der Waals surface area (Å²) in [6.07, 6.45) is 4.58. The van der Waals surface area contributed by atoms with Crippen molar-refractivity contribution in [1.82, 2.24) is 15.2 Å². The van der Waals surface area contributed by atoms with Crippen LogP contribution >= 0.6 is 11.3 Å². The molecular formula is C20H28N4O2S. The molecule has 6 nitrogen and oxygen atoms in total. The molecule has 4 rings (SSSR count). The Balaban J connectivity index is 1.57. The summed E-state index contributed by atoms with van der Waals surface area (Å²) in [5, 5.41) is 4.19. The van der Waals surface area contributed by atoms with Gasteiger partial charge < -0.3 is 19.9 Å². The van der Waals surface area contributed by atoms with E-state index < -0.39 is 0 Å². The van der Waals surface area contributed by atoms with E-state index in [-0.39, 0.29) is 5.91 Å². The number of nitrogens with zero attached hydrogens (tertiary/aromatic N) is 3. The Morgan fingerprint density at radius 3 is 2.67 bits per heavy atom. The molecular weight excluding hydrogens is 360 g/mol. The average molecular weight is 389 g/mol. The quantitative estimate of drug-likeness (QED) is 0.853. The second kappa shape index (κ2) is 8.02. The zero-order valence-electron chi connectivity index (χ0n) is 16.2. The highest BCUT2D eigenvalue weighted by Gasteiger charge is 2.22. The fraction of sp³-hybridized carbons (Fsp3) is 0.600. The topological polar surface area (TPSA) is 57.7 Å². The number of piperazine rings is 1. The number of ether oxygens (including phenoxy) is 1. The number of anilines is 1. The van der Waals surface area contributed by atoms with Crippen molar-refractivity contribution in [3.8, 4) is 5.75 Å². The summed E-state index contributed by atoms with van der Waals surface area (Å²) in [6.45, 7) is 7.42. The summed E-state index contributed by atoms with van der Waals surface area (Å²) in [6, 6.07) is 4.10. The molecule has 2 aromatic rings. The Morgan fingerprint density at radius 2 is 2.00 bits per heavy atom. The predicted octanol–water partition coefficient (Wildman–Crippen LogP) is 3.12. The van der Waals surface area contributed by atoms with Gasteiger partial charge in [0.1, 0.15) is 11.3 Å². The van der Waals surface area contributed by atoms with Crippen molar-refractivity contribution in [2.75, 3.05) is 44.7 Å². The van der Waals surface area contributed by atoms with Crippen LogP contribution in [0.1, 0.15) is 43.0 Å². The molecule has 1 aromatic heterocycles. The number of likely N-dealkylation sites (N-methyl/N-ethyl adjacent to an activating group) is 1. The number of nitrogens with one attached hydrogen (secondary N) is 1. The Kier molecular flexibility index (Phi) is 5.50. The smallest absolute Gasteiger partial charge is 0.251 e. The number of thiazole rings is 1. The van der Waals surface area contributed by atoms with E-state index in [0.717, 1.165) is 60.9 Å². The van der Waals surface area contributed by atoms with Crippen molar-refractivity contribution in [3.63, 3.8) is 0 Å². The van der Waals surface area contributed by atoms with E-state index in [1.54, 1.807) is 18.4 Å². The van der Waals surface area contributed by atoms with Gasteiger partial charge in [0.25, 0.3) is 5.91 Å². The molecule has 1 N–H and O–H groups in total. The third-order valence-corrected chi connectivity index (χ3v) is 6.77. The van der Waals surface area contributed by atoms with Crippen LogP contribution in [-0.2, 0) is 0 Å². The third kappa shape index (κ3) is 3.89. The number of fused-ring (bicyclic) bond motifs is 1. The molecule has 0 radical (unpaired) electrons. The van der Waals surface area contributed by atoms with Crippen LogP contribution in [0.4, 0.5) is 5.13 Å². The second-order valence-electron chi connectivity index (χ2n) is 7.40. The monoisotopic (exact) mass is 388 g/mol. The highest BCUT2D eigenvalue weighted by molar-refractivity contribution is 7.22. The maximum absolute atomic E-state index is 12.7. The first-order chi connectivity index (χ1) is 13.2. The number of aromatic nitrogens is 1. The Labute approximate surface area is 164 Å². The van der Waals surface area contributed by atoms with Gasteiger partial charge in [0.05, 0.1) is 11.8 Å². The molecule has 1 aliphatic carbocycles. The molecule has 1 saturated heterocycles. The molecule has 0 atom stereocenters. The van der Waals surface area contributed by atoms with Gasteiger partial charge in [-0.05, 0) is 31.5 Å². The van der Waals surface area contributed by atoms with Gasteiger partial charge in [-0.3, -0.25) is 4.79 Å². The molecule has 2 aliphatic rings. The Bertz CT molecular complexity index is 808. The van der Waals surface area contributed by atoms with Crippen LogP contribution in [0.25, 0.3) is 10.2 Å². The van der Waals surface area contributed by atoms with E-state index >= 15 is 0 Å². The molecule has 1 amide bonds. The van der Waals surface area contributed by atoms with Crippen LogP contribution in [-0.4, -0.2) is 61.7 Å². The predicted molar refractivity (Wildman–Crippen MR) is 110 cm³/mol. The summed E-state index contributed by atoms with van der Waals surface area (Å²) in [7, 11) is 1.65. The van der Waals surface area contributed by atoms with Gasteiger partial charge in [0.2, 0.25) is 0 Å². The van der Waals surface area contributed by atoms with Crippen molar-refractivity contribution in [1.29, 1.82) is 0 Å². The van der Waals surface area contributed by atoms with E-state index in [1.165, 1.54) is 12.8 Å². The van der Waals surface area contributed by atoms with Crippen LogP contribution in [0.3, 0.4) is 0 Å². The zero-order chi connectivity index (χ0) is 18.8. The number of carbonyl (C=O) groups excluding carboxylic acids is 1. The van der Waals surface area contributed by atoms with Gasteiger partial charge in [-0.1, -0.05) is 31.1 Å². The summed E-state index contributed by atoms with van der Waals surface area (Å²) >= 11 is 1.65. The summed E-state index contributed by atoms with van der Waals surface area (Å²) in [5.74, 6) is 0.673. The van der Waals surface area contributed by atoms with Crippen molar-refractivity contribution < 1.29 is 9.53 Å². The highest BCUT2D eigenvalue weighted by atomic mass is 32.1. The summed E-state index contributed by atoms with van der Waals surface area (Å²) in [5.41, 5.74) is 1.52. The average Bonchev–Trinajstić information content (AvgIpc) is 3.36. The minimum absolute atomic E-state index is 0.00592. The van der Waals surface area contributed by atoms with Crippen LogP contribution in [0.15, 0.2) is 12.1 Å². The highest BCUT2D eigenvalue weighted by Crippen LogP contribution is 2.36. The lowest BCUT2D eigenvalue weighted by Crippen LogP contribution is -2.46. The van der Waals surface area contributed by atoms with Crippen molar-refractivity contribution in [3.05, 3.63) is 17.7 Å². The molecule has 2 heterocycles. The summed E-state index contributed by atoms with van der Waals surface area (Å²) < 4.78 is 6.57. The molecule has 1 aliphatic heterocycles.